The van der Waals surface area contributed by atoms with E-state index in [9.17, 15) is 17.2 Å². The second-order valence-corrected chi connectivity index (χ2v) is 6.99. The standard InChI is InChI=1S/C17H19F2NO3S/c1-2-15(14-10-6-7-11-16(14)23-17(18)19)20-24(21,22)12-13-8-4-3-5-9-13/h3-11,15,17,20H,2,12H2,1H3/t15-/m0/s1. The summed E-state index contributed by atoms with van der Waals surface area (Å²) in [4.78, 5) is 0. The van der Waals surface area contributed by atoms with Crippen LogP contribution in [0.2, 0.25) is 0 Å². The van der Waals surface area contributed by atoms with Crippen molar-refractivity contribution in [1.82, 2.24) is 4.72 Å². The fourth-order valence-corrected chi connectivity index (χ4v) is 3.83. The first-order valence-electron chi connectivity index (χ1n) is 7.49. The highest BCUT2D eigenvalue weighted by Gasteiger charge is 2.22. The predicted octanol–water partition coefficient (Wildman–Crippen LogP) is 3.86. The molecule has 2 aromatic carbocycles. The maximum Gasteiger partial charge on any atom is 0.387 e. The number of benzene rings is 2. The maximum absolute atomic E-state index is 12.5. The minimum absolute atomic E-state index is 0.0261. The summed E-state index contributed by atoms with van der Waals surface area (Å²) in [6, 6.07) is 14.3. The number of rotatable bonds is 8. The maximum atomic E-state index is 12.5. The van der Waals surface area contributed by atoms with Gasteiger partial charge in [-0.25, -0.2) is 13.1 Å². The van der Waals surface area contributed by atoms with E-state index in [0.29, 0.717) is 17.5 Å². The molecule has 0 heterocycles. The van der Waals surface area contributed by atoms with Crippen molar-refractivity contribution in [3.63, 3.8) is 0 Å². The molecular weight excluding hydrogens is 336 g/mol. The van der Waals surface area contributed by atoms with Crippen molar-refractivity contribution in [2.45, 2.75) is 31.8 Å². The normalized spacial score (nSPS) is 13.0. The van der Waals surface area contributed by atoms with Gasteiger partial charge in [0.05, 0.1) is 11.8 Å². The van der Waals surface area contributed by atoms with E-state index in [4.69, 9.17) is 0 Å². The molecule has 0 radical (unpaired) electrons. The third-order valence-electron chi connectivity index (χ3n) is 3.44. The lowest BCUT2D eigenvalue weighted by molar-refractivity contribution is -0.0506. The van der Waals surface area contributed by atoms with Gasteiger partial charge in [0.2, 0.25) is 10.0 Å². The van der Waals surface area contributed by atoms with E-state index in [-0.39, 0.29) is 11.5 Å². The second kappa shape index (κ2) is 8.21. The Bertz CT molecular complexity index is 751. The third-order valence-corrected chi connectivity index (χ3v) is 4.80. The van der Waals surface area contributed by atoms with Gasteiger partial charge in [-0.2, -0.15) is 8.78 Å². The molecule has 2 rings (SSSR count). The highest BCUT2D eigenvalue weighted by atomic mass is 32.2. The minimum atomic E-state index is -3.63. The summed E-state index contributed by atoms with van der Waals surface area (Å²) in [6.07, 6.45) is 0.400. The molecule has 1 N–H and O–H groups in total. The van der Waals surface area contributed by atoms with Gasteiger partial charge in [-0.1, -0.05) is 55.5 Å². The molecule has 130 valence electrons. The van der Waals surface area contributed by atoms with Gasteiger partial charge in [-0.3, -0.25) is 0 Å². The molecule has 0 aliphatic heterocycles. The molecule has 0 saturated carbocycles. The zero-order valence-electron chi connectivity index (χ0n) is 13.2. The van der Waals surface area contributed by atoms with Crippen molar-refractivity contribution in [2.24, 2.45) is 0 Å². The molecule has 0 aromatic heterocycles. The summed E-state index contributed by atoms with van der Waals surface area (Å²) in [7, 11) is -3.63. The number of nitrogens with one attached hydrogen (secondary N) is 1. The van der Waals surface area contributed by atoms with Crippen LogP contribution in [0.4, 0.5) is 8.78 Å². The van der Waals surface area contributed by atoms with Crippen molar-refractivity contribution < 1.29 is 21.9 Å². The molecule has 0 aliphatic carbocycles. The first-order valence-corrected chi connectivity index (χ1v) is 9.14. The number of hydrogen-bond donors (Lipinski definition) is 1. The topological polar surface area (TPSA) is 55.4 Å². The Hall–Kier alpha value is -1.99. The fraction of sp³-hybridized carbons (Fsp3) is 0.294. The molecule has 2 aromatic rings. The van der Waals surface area contributed by atoms with E-state index in [1.165, 1.54) is 6.07 Å². The van der Waals surface area contributed by atoms with Gasteiger partial charge in [-0.05, 0) is 18.1 Å². The van der Waals surface area contributed by atoms with Gasteiger partial charge in [0.1, 0.15) is 5.75 Å². The molecule has 0 aliphatic rings. The van der Waals surface area contributed by atoms with Crippen LogP contribution in [0.1, 0.15) is 30.5 Å². The largest absolute Gasteiger partial charge is 0.434 e. The van der Waals surface area contributed by atoms with E-state index >= 15 is 0 Å². The van der Waals surface area contributed by atoms with E-state index in [2.05, 4.69) is 9.46 Å². The number of sulfonamides is 1. The predicted molar refractivity (Wildman–Crippen MR) is 88.3 cm³/mol. The summed E-state index contributed by atoms with van der Waals surface area (Å²) in [5.74, 6) is -0.205. The number of ether oxygens (including phenoxy) is 1. The quantitative estimate of drug-likeness (QED) is 0.782. The van der Waals surface area contributed by atoms with Crippen molar-refractivity contribution in [3.05, 3.63) is 65.7 Å². The van der Waals surface area contributed by atoms with E-state index in [0.717, 1.165) is 0 Å². The molecule has 0 fully saturated rings. The molecular formula is C17H19F2NO3S. The SMILES string of the molecule is CC[C@H](NS(=O)(=O)Cc1ccccc1)c1ccccc1OC(F)F. The van der Waals surface area contributed by atoms with E-state index in [1.807, 2.05) is 0 Å². The van der Waals surface area contributed by atoms with Gasteiger partial charge < -0.3 is 4.74 Å². The van der Waals surface area contributed by atoms with Crippen LogP contribution in [-0.2, 0) is 15.8 Å². The van der Waals surface area contributed by atoms with Crippen LogP contribution in [0.25, 0.3) is 0 Å². The lowest BCUT2D eigenvalue weighted by Crippen LogP contribution is -2.30. The lowest BCUT2D eigenvalue weighted by atomic mass is 10.0. The number of hydrogen-bond acceptors (Lipinski definition) is 3. The summed E-state index contributed by atoms with van der Waals surface area (Å²) in [5, 5.41) is 0. The van der Waals surface area contributed by atoms with Crippen LogP contribution in [0.15, 0.2) is 54.6 Å². The number of para-hydroxylation sites is 1. The highest BCUT2D eigenvalue weighted by molar-refractivity contribution is 7.88. The summed E-state index contributed by atoms with van der Waals surface area (Å²) >= 11 is 0. The molecule has 1 atom stereocenters. The zero-order chi connectivity index (χ0) is 17.6. The van der Waals surface area contributed by atoms with Crippen molar-refractivity contribution in [2.75, 3.05) is 0 Å². The summed E-state index contributed by atoms with van der Waals surface area (Å²) < 4.78 is 56.9. The highest BCUT2D eigenvalue weighted by Crippen LogP contribution is 2.29. The average molecular weight is 355 g/mol. The van der Waals surface area contributed by atoms with Gasteiger partial charge in [0.15, 0.2) is 0 Å². The zero-order valence-corrected chi connectivity index (χ0v) is 14.0. The van der Waals surface area contributed by atoms with Crippen LogP contribution in [0.5, 0.6) is 5.75 Å². The molecule has 0 bridgehead atoms. The Labute approximate surface area is 140 Å². The third kappa shape index (κ3) is 5.28. The molecule has 7 heteroatoms. The van der Waals surface area contributed by atoms with Crippen LogP contribution in [-0.4, -0.2) is 15.0 Å². The lowest BCUT2D eigenvalue weighted by Gasteiger charge is -2.20. The first-order chi connectivity index (χ1) is 11.4. The van der Waals surface area contributed by atoms with Gasteiger partial charge >= 0.3 is 6.61 Å². The fourth-order valence-electron chi connectivity index (χ4n) is 2.39. The smallest absolute Gasteiger partial charge is 0.387 e. The molecule has 24 heavy (non-hydrogen) atoms. The van der Waals surface area contributed by atoms with E-state index < -0.39 is 22.7 Å². The van der Waals surface area contributed by atoms with Gasteiger partial charge in [-0.15, -0.1) is 0 Å². The Morgan fingerprint density at radius 1 is 1.04 bits per heavy atom. The Morgan fingerprint density at radius 2 is 1.67 bits per heavy atom. The monoisotopic (exact) mass is 355 g/mol. The molecule has 0 amide bonds. The Kier molecular flexibility index (Phi) is 6.28. The second-order valence-electron chi connectivity index (χ2n) is 5.24. The van der Waals surface area contributed by atoms with Crippen LogP contribution < -0.4 is 9.46 Å². The van der Waals surface area contributed by atoms with Crippen molar-refractivity contribution in [1.29, 1.82) is 0 Å². The first kappa shape index (κ1) is 18.4. The molecule has 4 nitrogen and oxygen atoms in total. The Balaban J connectivity index is 2.20. The van der Waals surface area contributed by atoms with Crippen LogP contribution in [0, 0.1) is 0 Å². The van der Waals surface area contributed by atoms with Crippen LogP contribution in [0.3, 0.4) is 0 Å². The summed E-state index contributed by atoms with van der Waals surface area (Å²) in [6.45, 7) is -1.20. The molecule has 0 spiro atoms. The average Bonchev–Trinajstić information content (AvgIpc) is 2.53. The summed E-state index contributed by atoms with van der Waals surface area (Å²) in [5.41, 5.74) is 1.04. The van der Waals surface area contributed by atoms with Crippen molar-refractivity contribution >= 4 is 10.0 Å². The van der Waals surface area contributed by atoms with Crippen LogP contribution >= 0.6 is 0 Å². The Morgan fingerprint density at radius 3 is 2.29 bits per heavy atom. The molecule has 0 saturated heterocycles. The van der Waals surface area contributed by atoms with Gasteiger partial charge in [0.25, 0.3) is 0 Å². The van der Waals surface area contributed by atoms with Gasteiger partial charge in [0, 0.05) is 5.56 Å². The minimum Gasteiger partial charge on any atom is -0.434 e. The number of alkyl halides is 2. The number of halogens is 2. The molecule has 0 unspecified atom stereocenters. The van der Waals surface area contributed by atoms with Crippen molar-refractivity contribution in [3.8, 4) is 5.75 Å². The van der Waals surface area contributed by atoms with E-state index in [1.54, 1.807) is 55.5 Å².